The first kappa shape index (κ1) is 18.3. The van der Waals surface area contributed by atoms with E-state index in [1.54, 1.807) is 18.2 Å². The van der Waals surface area contributed by atoms with Gasteiger partial charge in [-0.25, -0.2) is 0 Å². The molecule has 0 atom stereocenters. The third-order valence-corrected chi connectivity index (χ3v) is 3.82. The van der Waals surface area contributed by atoms with Gasteiger partial charge in [-0.3, -0.25) is 9.59 Å². The molecular formula is C18H18Cl2N2O2. The maximum Gasteiger partial charge on any atom is 0.244 e. The zero-order chi connectivity index (χ0) is 17.7. The highest BCUT2D eigenvalue weighted by Crippen LogP contribution is 2.22. The van der Waals surface area contributed by atoms with Crippen LogP contribution in [0.2, 0.25) is 10.0 Å². The number of benzene rings is 2. The molecule has 0 spiro atoms. The number of hydrogen-bond acceptors (Lipinski definition) is 2. The Morgan fingerprint density at radius 2 is 1.75 bits per heavy atom. The lowest BCUT2D eigenvalue weighted by Gasteiger charge is -2.21. The van der Waals surface area contributed by atoms with Gasteiger partial charge in [0.05, 0.1) is 0 Å². The van der Waals surface area contributed by atoms with Crippen molar-refractivity contribution in [1.29, 1.82) is 0 Å². The standard InChI is InChI=1S/C18H18Cl2N2O2/c1-12-4-3-5-14(6-12)10-22(13(2)23)11-18(24)21-17-8-15(19)7-16(20)9-17/h3-9H,10-11H2,1-2H3,(H,21,24). The van der Waals surface area contributed by atoms with Crippen LogP contribution in [0, 0.1) is 6.92 Å². The van der Waals surface area contributed by atoms with Crippen LogP contribution in [0.5, 0.6) is 0 Å². The lowest BCUT2D eigenvalue weighted by atomic mass is 10.1. The number of hydrogen-bond donors (Lipinski definition) is 1. The quantitative estimate of drug-likeness (QED) is 0.859. The highest BCUT2D eigenvalue weighted by atomic mass is 35.5. The van der Waals surface area contributed by atoms with Crippen LogP contribution in [0.4, 0.5) is 5.69 Å². The van der Waals surface area contributed by atoms with E-state index >= 15 is 0 Å². The van der Waals surface area contributed by atoms with E-state index in [0.29, 0.717) is 22.3 Å². The van der Waals surface area contributed by atoms with Crippen molar-refractivity contribution < 1.29 is 9.59 Å². The van der Waals surface area contributed by atoms with Crippen molar-refractivity contribution in [2.24, 2.45) is 0 Å². The molecule has 1 N–H and O–H groups in total. The predicted octanol–water partition coefficient (Wildman–Crippen LogP) is 4.29. The van der Waals surface area contributed by atoms with Crippen LogP contribution in [-0.2, 0) is 16.1 Å². The predicted molar refractivity (Wildman–Crippen MR) is 97.4 cm³/mol. The van der Waals surface area contributed by atoms with Gasteiger partial charge in [0.15, 0.2) is 0 Å². The molecule has 0 aliphatic rings. The normalized spacial score (nSPS) is 10.3. The fourth-order valence-corrected chi connectivity index (χ4v) is 2.84. The Kier molecular flexibility index (Phi) is 6.23. The van der Waals surface area contributed by atoms with Gasteiger partial charge in [0.25, 0.3) is 0 Å². The van der Waals surface area contributed by atoms with Crippen molar-refractivity contribution in [3.05, 3.63) is 63.6 Å². The Labute approximate surface area is 151 Å². The number of aryl methyl sites for hydroxylation is 1. The van der Waals surface area contributed by atoms with Crippen molar-refractivity contribution in [2.45, 2.75) is 20.4 Å². The fourth-order valence-electron chi connectivity index (χ4n) is 2.31. The van der Waals surface area contributed by atoms with Gasteiger partial charge >= 0.3 is 0 Å². The Balaban J connectivity index is 2.04. The molecule has 0 heterocycles. The number of nitrogens with zero attached hydrogens (tertiary/aromatic N) is 1. The maximum atomic E-state index is 12.2. The molecule has 0 aromatic heterocycles. The lowest BCUT2D eigenvalue weighted by Crippen LogP contribution is -2.36. The van der Waals surface area contributed by atoms with E-state index in [1.165, 1.54) is 11.8 Å². The third-order valence-electron chi connectivity index (χ3n) is 3.38. The second-order valence-electron chi connectivity index (χ2n) is 5.57. The molecule has 0 aliphatic carbocycles. The molecule has 0 radical (unpaired) electrons. The second kappa shape index (κ2) is 8.18. The van der Waals surface area contributed by atoms with Crippen molar-refractivity contribution in [3.63, 3.8) is 0 Å². The van der Waals surface area contributed by atoms with Gasteiger partial charge < -0.3 is 10.2 Å². The third kappa shape index (κ3) is 5.55. The smallest absolute Gasteiger partial charge is 0.244 e. The number of rotatable bonds is 5. The van der Waals surface area contributed by atoms with E-state index < -0.39 is 0 Å². The first-order chi connectivity index (χ1) is 11.3. The Bertz CT molecular complexity index is 742. The molecule has 2 amide bonds. The van der Waals surface area contributed by atoms with Crippen LogP contribution in [0.3, 0.4) is 0 Å². The summed E-state index contributed by atoms with van der Waals surface area (Å²) in [5, 5.41) is 3.57. The van der Waals surface area contributed by atoms with Gasteiger partial charge in [-0.05, 0) is 30.7 Å². The summed E-state index contributed by atoms with van der Waals surface area (Å²) in [4.78, 5) is 25.5. The number of halogens is 2. The van der Waals surface area contributed by atoms with Crippen molar-refractivity contribution in [1.82, 2.24) is 4.90 Å². The largest absolute Gasteiger partial charge is 0.329 e. The Morgan fingerprint density at radius 1 is 1.08 bits per heavy atom. The number of amides is 2. The van der Waals surface area contributed by atoms with E-state index in [0.717, 1.165) is 11.1 Å². The fraction of sp³-hybridized carbons (Fsp3) is 0.222. The molecule has 2 rings (SSSR count). The molecule has 0 bridgehead atoms. The molecule has 6 heteroatoms. The molecule has 2 aromatic rings. The van der Waals surface area contributed by atoms with Crippen molar-refractivity contribution >= 4 is 40.7 Å². The Hall–Kier alpha value is -2.04. The van der Waals surface area contributed by atoms with Gasteiger partial charge in [0, 0.05) is 29.2 Å². The summed E-state index contributed by atoms with van der Waals surface area (Å²) >= 11 is 11.8. The number of nitrogens with one attached hydrogen (secondary N) is 1. The molecule has 0 aliphatic heterocycles. The first-order valence-electron chi connectivity index (χ1n) is 7.40. The zero-order valence-corrected chi connectivity index (χ0v) is 15.0. The molecule has 0 unspecified atom stereocenters. The molecule has 0 saturated heterocycles. The first-order valence-corrected chi connectivity index (χ1v) is 8.16. The summed E-state index contributed by atoms with van der Waals surface area (Å²) in [6.45, 7) is 3.75. The number of anilines is 1. The van der Waals surface area contributed by atoms with Crippen LogP contribution in [0.15, 0.2) is 42.5 Å². The summed E-state index contributed by atoms with van der Waals surface area (Å²) in [5.41, 5.74) is 2.58. The monoisotopic (exact) mass is 364 g/mol. The molecule has 0 fully saturated rings. The average Bonchev–Trinajstić information content (AvgIpc) is 2.45. The van der Waals surface area contributed by atoms with Gasteiger partial charge in [-0.1, -0.05) is 53.0 Å². The molecule has 24 heavy (non-hydrogen) atoms. The minimum absolute atomic E-state index is 0.0482. The highest BCUT2D eigenvalue weighted by molar-refractivity contribution is 6.35. The van der Waals surface area contributed by atoms with E-state index in [1.807, 2.05) is 31.2 Å². The average molecular weight is 365 g/mol. The van der Waals surface area contributed by atoms with Crippen LogP contribution < -0.4 is 5.32 Å². The molecule has 2 aromatic carbocycles. The van der Waals surface area contributed by atoms with Gasteiger partial charge in [0.2, 0.25) is 11.8 Å². The van der Waals surface area contributed by atoms with E-state index in [2.05, 4.69) is 5.32 Å². The summed E-state index contributed by atoms with van der Waals surface area (Å²) in [6, 6.07) is 12.6. The Morgan fingerprint density at radius 3 is 2.33 bits per heavy atom. The summed E-state index contributed by atoms with van der Waals surface area (Å²) < 4.78 is 0. The van der Waals surface area contributed by atoms with E-state index in [9.17, 15) is 9.59 Å². The molecule has 4 nitrogen and oxygen atoms in total. The maximum absolute atomic E-state index is 12.2. The van der Waals surface area contributed by atoms with Crippen LogP contribution in [0.25, 0.3) is 0 Å². The number of carbonyl (C=O) groups excluding carboxylic acids is 2. The minimum Gasteiger partial charge on any atom is -0.329 e. The molecule has 0 saturated carbocycles. The molecular weight excluding hydrogens is 347 g/mol. The van der Waals surface area contributed by atoms with Crippen LogP contribution in [-0.4, -0.2) is 23.3 Å². The highest BCUT2D eigenvalue weighted by Gasteiger charge is 2.15. The summed E-state index contributed by atoms with van der Waals surface area (Å²) in [6.07, 6.45) is 0. The van der Waals surface area contributed by atoms with Gasteiger partial charge in [-0.15, -0.1) is 0 Å². The van der Waals surface area contributed by atoms with E-state index in [-0.39, 0.29) is 18.4 Å². The minimum atomic E-state index is -0.309. The summed E-state index contributed by atoms with van der Waals surface area (Å²) in [5.74, 6) is -0.480. The SMILES string of the molecule is CC(=O)N(CC(=O)Nc1cc(Cl)cc(Cl)c1)Cc1cccc(C)c1. The van der Waals surface area contributed by atoms with Gasteiger partial charge in [-0.2, -0.15) is 0 Å². The van der Waals surface area contributed by atoms with Gasteiger partial charge in [0.1, 0.15) is 6.54 Å². The molecule has 126 valence electrons. The second-order valence-corrected chi connectivity index (χ2v) is 6.44. The topological polar surface area (TPSA) is 49.4 Å². The van der Waals surface area contributed by atoms with Crippen LogP contribution >= 0.6 is 23.2 Å². The number of carbonyl (C=O) groups is 2. The zero-order valence-electron chi connectivity index (χ0n) is 13.5. The van der Waals surface area contributed by atoms with Crippen molar-refractivity contribution in [3.8, 4) is 0 Å². The summed E-state index contributed by atoms with van der Waals surface area (Å²) in [7, 11) is 0. The van der Waals surface area contributed by atoms with E-state index in [4.69, 9.17) is 23.2 Å². The lowest BCUT2D eigenvalue weighted by molar-refractivity contribution is -0.133. The van der Waals surface area contributed by atoms with Crippen LogP contribution in [0.1, 0.15) is 18.1 Å². The van der Waals surface area contributed by atoms with Crippen molar-refractivity contribution in [2.75, 3.05) is 11.9 Å².